The van der Waals surface area contributed by atoms with Crippen molar-refractivity contribution in [2.24, 2.45) is 17.3 Å². The van der Waals surface area contributed by atoms with Gasteiger partial charge in [0.2, 0.25) is 11.6 Å². The minimum atomic E-state index is -3.07. The molecule has 0 spiro atoms. The molecule has 0 unspecified atom stereocenters. The molecule has 356 valence electrons. The molecule has 0 heterocycles. The van der Waals surface area contributed by atoms with Crippen molar-refractivity contribution in [3.05, 3.63) is 131 Å². The van der Waals surface area contributed by atoms with E-state index in [9.17, 15) is 29.4 Å². The number of allylic oxidation sites excluding steroid dienone is 1. The lowest BCUT2D eigenvalue weighted by atomic mass is 9.65. The van der Waals surface area contributed by atoms with Crippen LogP contribution in [0.1, 0.15) is 107 Å². The molecule has 2 saturated carbocycles. The van der Waals surface area contributed by atoms with Gasteiger partial charge in [-0.2, -0.15) is 0 Å². The van der Waals surface area contributed by atoms with E-state index in [1.54, 1.807) is 103 Å². The molecule has 0 aromatic heterocycles. The molecule has 6 N–H and O–H groups in total. The zero-order valence-corrected chi connectivity index (χ0v) is 38.8. The third kappa shape index (κ3) is 14.5. The lowest BCUT2D eigenvalue weighted by Gasteiger charge is -2.42. The first-order valence-corrected chi connectivity index (χ1v) is 23.7. The summed E-state index contributed by atoms with van der Waals surface area (Å²) in [6, 6.07) is 27.0. The van der Waals surface area contributed by atoms with Crippen molar-refractivity contribution in [3.63, 3.8) is 0 Å². The Balaban J connectivity index is 1.17. The lowest BCUT2D eigenvalue weighted by Crippen LogP contribution is -2.57. The predicted octanol–water partition coefficient (Wildman–Crippen LogP) is 9.04. The number of hydrogen-bond acceptors (Lipinski definition) is 12. The summed E-state index contributed by atoms with van der Waals surface area (Å²) in [6.07, 6.45) is 13.2. The van der Waals surface area contributed by atoms with E-state index in [0.29, 0.717) is 77.4 Å². The van der Waals surface area contributed by atoms with Gasteiger partial charge in [0, 0.05) is 36.4 Å². The van der Waals surface area contributed by atoms with Crippen molar-refractivity contribution >= 4 is 47.0 Å². The number of carbonyl (C=O) groups excluding carboxylic acids is 4. The average Bonchev–Trinajstić information content (AvgIpc) is 3.33. The van der Waals surface area contributed by atoms with Crippen LogP contribution in [0.2, 0.25) is 0 Å². The fourth-order valence-corrected chi connectivity index (χ4v) is 8.93. The standard InChI is InChI=1S/C55H66N2O10/c1-3-33-64-47-28-15-42(16-29-47)52(60)66-49-24-10-38(11-25-49)9-23-46(58)37-54(35-40-5-19-44(56)20-6-40,36-41-7-21-45(57)22-8-41)55(62,63)51(59)32-14-39-12-26-50(27-13-39)67-53(61)43-17-30-48(31-18-43)65-34-4-2/h5-14,19-27,32,42-43,47-48,62-63H,3-4,15-18,28-31,33-37,56-57H2,1-2H3. The second-order valence-electron chi connectivity index (χ2n) is 18.1. The third-order valence-corrected chi connectivity index (χ3v) is 12.9. The molecule has 0 atom stereocenters. The Morgan fingerprint density at radius 2 is 0.955 bits per heavy atom. The van der Waals surface area contributed by atoms with Gasteiger partial charge in [0.25, 0.3) is 0 Å². The molecule has 0 saturated heterocycles. The maximum Gasteiger partial charge on any atom is 0.314 e. The Hall–Kier alpha value is -5.92. The molecular weight excluding hydrogens is 849 g/mol. The number of aliphatic hydroxyl groups is 2. The summed E-state index contributed by atoms with van der Waals surface area (Å²) in [4.78, 5) is 54.2. The Kier molecular flexibility index (Phi) is 18.2. The summed E-state index contributed by atoms with van der Waals surface area (Å²) in [5.74, 6) is -4.79. The maximum atomic E-state index is 14.2. The maximum absolute atomic E-state index is 14.2. The van der Waals surface area contributed by atoms with Gasteiger partial charge in [-0.3, -0.25) is 19.2 Å². The molecule has 0 amide bonds. The van der Waals surface area contributed by atoms with Crippen molar-refractivity contribution in [2.75, 3.05) is 24.7 Å². The van der Waals surface area contributed by atoms with E-state index < -0.39 is 29.2 Å². The zero-order valence-electron chi connectivity index (χ0n) is 38.8. The largest absolute Gasteiger partial charge is 0.426 e. The van der Waals surface area contributed by atoms with Crippen LogP contribution in [0.25, 0.3) is 12.2 Å². The summed E-state index contributed by atoms with van der Waals surface area (Å²) < 4.78 is 23.1. The summed E-state index contributed by atoms with van der Waals surface area (Å²) in [5, 5.41) is 24.4. The number of carbonyl (C=O) groups is 4. The molecule has 2 aliphatic carbocycles. The fourth-order valence-electron chi connectivity index (χ4n) is 8.93. The highest BCUT2D eigenvalue weighted by Crippen LogP contribution is 2.43. The number of ether oxygens (including phenoxy) is 4. The summed E-state index contributed by atoms with van der Waals surface area (Å²) in [7, 11) is 0. The Bertz CT molecular complexity index is 2240. The summed E-state index contributed by atoms with van der Waals surface area (Å²) >= 11 is 0. The van der Waals surface area contributed by atoms with Gasteiger partial charge in [-0.25, -0.2) is 0 Å². The highest BCUT2D eigenvalue weighted by Gasteiger charge is 2.54. The Morgan fingerprint density at radius 3 is 1.34 bits per heavy atom. The minimum Gasteiger partial charge on any atom is -0.426 e. The second kappa shape index (κ2) is 24.2. The van der Waals surface area contributed by atoms with Crippen molar-refractivity contribution < 1.29 is 48.3 Å². The van der Waals surface area contributed by atoms with Gasteiger partial charge in [-0.1, -0.05) is 74.5 Å². The van der Waals surface area contributed by atoms with Crippen molar-refractivity contribution in [1.82, 2.24) is 0 Å². The first-order chi connectivity index (χ1) is 32.2. The number of nitrogen functional groups attached to an aromatic ring is 2. The van der Waals surface area contributed by atoms with Crippen LogP contribution in [-0.4, -0.2) is 64.9 Å². The third-order valence-electron chi connectivity index (χ3n) is 12.9. The van der Waals surface area contributed by atoms with Crippen LogP contribution in [0, 0.1) is 17.3 Å². The minimum absolute atomic E-state index is 0.0925. The van der Waals surface area contributed by atoms with Crippen LogP contribution in [0.4, 0.5) is 11.4 Å². The highest BCUT2D eigenvalue weighted by molar-refractivity contribution is 6.01. The van der Waals surface area contributed by atoms with Gasteiger partial charge >= 0.3 is 11.9 Å². The number of ketones is 2. The van der Waals surface area contributed by atoms with Crippen LogP contribution < -0.4 is 20.9 Å². The van der Waals surface area contributed by atoms with Gasteiger partial charge in [0.15, 0.2) is 5.78 Å². The van der Waals surface area contributed by atoms with Crippen molar-refractivity contribution in [1.29, 1.82) is 0 Å². The number of esters is 2. The molecule has 6 rings (SSSR count). The fraction of sp³-hybridized carbons (Fsp3) is 0.418. The van der Waals surface area contributed by atoms with Gasteiger partial charge in [0.1, 0.15) is 11.5 Å². The van der Waals surface area contributed by atoms with E-state index in [-0.39, 0.29) is 48.8 Å². The lowest BCUT2D eigenvalue weighted by molar-refractivity contribution is -0.230. The topological polar surface area (TPSA) is 198 Å². The molecule has 2 aliphatic rings. The number of rotatable bonds is 22. The highest BCUT2D eigenvalue weighted by atomic mass is 16.5. The van der Waals surface area contributed by atoms with Crippen molar-refractivity contribution in [3.8, 4) is 11.5 Å². The molecule has 67 heavy (non-hydrogen) atoms. The van der Waals surface area contributed by atoms with E-state index in [0.717, 1.165) is 51.2 Å². The molecule has 4 aromatic rings. The molecule has 0 bridgehead atoms. The number of nitrogens with two attached hydrogens (primary N) is 2. The molecule has 0 aliphatic heterocycles. The smallest absolute Gasteiger partial charge is 0.314 e. The van der Waals surface area contributed by atoms with E-state index in [1.807, 2.05) is 0 Å². The van der Waals surface area contributed by atoms with Crippen molar-refractivity contribution in [2.45, 2.75) is 115 Å². The Labute approximate surface area is 394 Å². The number of benzene rings is 4. The molecule has 4 aromatic carbocycles. The normalized spacial score (nSPS) is 19.0. The molecule has 2 fully saturated rings. The molecular formula is C55H66N2O10. The van der Waals surface area contributed by atoms with Crippen LogP contribution in [-0.2, 0) is 41.5 Å². The van der Waals surface area contributed by atoms with E-state index in [1.165, 1.54) is 12.2 Å². The quantitative estimate of drug-likeness (QED) is 0.0192. The molecule has 12 heteroatoms. The molecule has 0 radical (unpaired) electrons. The van der Waals surface area contributed by atoms with Gasteiger partial charge < -0.3 is 40.6 Å². The average molecular weight is 915 g/mol. The summed E-state index contributed by atoms with van der Waals surface area (Å²) in [6.45, 7) is 5.58. The first-order valence-electron chi connectivity index (χ1n) is 23.7. The van der Waals surface area contributed by atoms with Gasteiger partial charge in [0.05, 0.1) is 24.0 Å². The SMILES string of the molecule is CCCOC1CCC(C(=O)Oc2ccc(C=CC(=O)CC(Cc3ccc(N)cc3)(Cc3ccc(N)cc3)C(O)(O)C(=O)C=Cc3ccc(OC(=O)C4CCC(OCCC)CC4)cc3)cc2)CC1. The second-order valence-corrected chi connectivity index (χ2v) is 18.1. The zero-order chi connectivity index (χ0) is 47.8. The summed E-state index contributed by atoms with van der Waals surface area (Å²) in [5.41, 5.74) is 13.6. The predicted molar refractivity (Wildman–Crippen MR) is 260 cm³/mol. The van der Waals surface area contributed by atoms with Gasteiger partial charge in [-0.15, -0.1) is 0 Å². The van der Waals surface area contributed by atoms with E-state index in [4.69, 9.17) is 30.4 Å². The van der Waals surface area contributed by atoms with Gasteiger partial charge in [-0.05, 0) is 160 Å². The van der Waals surface area contributed by atoms with Crippen LogP contribution in [0.15, 0.2) is 109 Å². The van der Waals surface area contributed by atoms with Crippen LogP contribution >= 0.6 is 0 Å². The molecule has 12 nitrogen and oxygen atoms in total. The van der Waals surface area contributed by atoms with Crippen LogP contribution in [0.3, 0.4) is 0 Å². The first kappa shape index (κ1) is 50.5. The van der Waals surface area contributed by atoms with E-state index >= 15 is 0 Å². The number of anilines is 2. The van der Waals surface area contributed by atoms with E-state index in [2.05, 4.69) is 13.8 Å². The van der Waals surface area contributed by atoms with Crippen LogP contribution in [0.5, 0.6) is 11.5 Å². The Morgan fingerprint density at radius 1 is 0.567 bits per heavy atom. The number of hydrogen-bond donors (Lipinski definition) is 4. The monoisotopic (exact) mass is 914 g/mol.